The lowest BCUT2D eigenvalue weighted by Gasteiger charge is -2.24. The van der Waals surface area contributed by atoms with Crippen LogP contribution in [0.2, 0.25) is 0 Å². The van der Waals surface area contributed by atoms with Crippen LogP contribution < -0.4 is 20.5 Å². The number of pyridine rings is 1. The minimum absolute atomic E-state index is 0.0370. The van der Waals surface area contributed by atoms with Gasteiger partial charge < -0.3 is 15.0 Å². The van der Waals surface area contributed by atoms with Crippen LogP contribution in [0.25, 0.3) is 10.9 Å². The monoisotopic (exact) mass is 482 g/mol. The fourth-order valence-corrected chi connectivity index (χ4v) is 5.23. The zero-order chi connectivity index (χ0) is 24.2. The van der Waals surface area contributed by atoms with Crippen molar-refractivity contribution in [2.45, 2.75) is 52.6 Å². The topological polar surface area (TPSA) is 113 Å². The summed E-state index contributed by atoms with van der Waals surface area (Å²) in [6, 6.07) is 5.88. The van der Waals surface area contributed by atoms with E-state index in [4.69, 9.17) is 4.74 Å². The SMILES string of the molecule is CCCCc1cc2cc(CNc3ncnc(N4C(=O)SC[C@@H]4C(C)C)n3)c(=O)[nH]c2cc1OC. The Morgan fingerprint density at radius 1 is 1.24 bits per heavy atom. The van der Waals surface area contributed by atoms with Gasteiger partial charge in [0, 0.05) is 23.9 Å². The lowest BCUT2D eigenvalue weighted by Crippen LogP contribution is -2.38. The number of aromatic nitrogens is 4. The van der Waals surface area contributed by atoms with Crippen molar-refractivity contribution < 1.29 is 9.53 Å². The van der Waals surface area contributed by atoms with Crippen LogP contribution in [0.1, 0.15) is 44.7 Å². The second kappa shape index (κ2) is 10.4. The molecule has 1 aliphatic heterocycles. The predicted molar refractivity (Wildman–Crippen MR) is 136 cm³/mol. The van der Waals surface area contributed by atoms with Gasteiger partial charge in [-0.1, -0.05) is 39.0 Å². The summed E-state index contributed by atoms with van der Waals surface area (Å²) in [6.07, 6.45) is 4.46. The van der Waals surface area contributed by atoms with Gasteiger partial charge in [-0.25, -0.2) is 9.97 Å². The van der Waals surface area contributed by atoms with Gasteiger partial charge in [0.15, 0.2) is 0 Å². The summed E-state index contributed by atoms with van der Waals surface area (Å²) in [5.74, 6) is 2.42. The number of carbonyl (C=O) groups is 1. The highest BCUT2D eigenvalue weighted by atomic mass is 32.2. The maximum Gasteiger partial charge on any atom is 0.288 e. The van der Waals surface area contributed by atoms with E-state index >= 15 is 0 Å². The van der Waals surface area contributed by atoms with E-state index in [1.165, 1.54) is 18.1 Å². The number of nitrogens with zero attached hydrogens (tertiary/aromatic N) is 4. The summed E-state index contributed by atoms with van der Waals surface area (Å²) in [7, 11) is 1.65. The van der Waals surface area contributed by atoms with Crippen molar-refractivity contribution in [2.75, 3.05) is 23.1 Å². The van der Waals surface area contributed by atoms with Gasteiger partial charge in [-0.15, -0.1) is 0 Å². The number of amides is 1. The molecule has 4 rings (SSSR count). The number of thioether (sulfide) groups is 1. The van der Waals surface area contributed by atoms with E-state index in [1.807, 2.05) is 12.1 Å². The Bertz CT molecular complexity index is 1250. The van der Waals surface area contributed by atoms with Crippen LogP contribution in [0.4, 0.5) is 16.7 Å². The molecule has 1 aromatic carbocycles. The van der Waals surface area contributed by atoms with Crippen molar-refractivity contribution in [3.63, 3.8) is 0 Å². The molecule has 2 aromatic heterocycles. The number of aromatic amines is 1. The van der Waals surface area contributed by atoms with E-state index in [9.17, 15) is 9.59 Å². The van der Waals surface area contributed by atoms with Crippen molar-refractivity contribution >= 4 is 39.8 Å². The van der Waals surface area contributed by atoms with Gasteiger partial charge in [-0.3, -0.25) is 14.5 Å². The summed E-state index contributed by atoms with van der Waals surface area (Å²) in [5, 5.41) is 3.99. The van der Waals surface area contributed by atoms with Crippen molar-refractivity contribution in [2.24, 2.45) is 5.92 Å². The van der Waals surface area contributed by atoms with E-state index in [0.29, 0.717) is 23.2 Å². The Labute approximate surface area is 202 Å². The normalized spacial score (nSPS) is 16.0. The first-order valence-electron chi connectivity index (χ1n) is 11.5. The number of methoxy groups -OCH3 is 1. The minimum atomic E-state index is -0.191. The quantitative estimate of drug-likeness (QED) is 0.462. The Balaban J connectivity index is 1.56. The number of nitrogens with one attached hydrogen (secondary N) is 2. The Kier molecular flexibility index (Phi) is 7.35. The number of ether oxygens (including phenoxy) is 1. The molecule has 2 N–H and O–H groups in total. The number of benzene rings is 1. The number of rotatable bonds is 9. The van der Waals surface area contributed by atoms with Crippen LogP contribution in [0.3, 0.4) is 0 Å². The first kappa shape index (κ1) is 24.0. The lowest BCUT2D eigenvalue weighted by atomic mass is 10.0. The van der Waals surface area contributed by atoms with E-state index in [0.717, 1.165) is 41.5 Å². The molecule has 1 aliphatic rings. The van der Waals surface area contributed by atoms with Crippen LogP contribution in [0.15, 0.2) is 29.3 Å². The molecule has 9 nitrogen and oxygen atoms in total. The summed E-state index contributed by atoms with van der Waals surface area (Å²) < 4.78 is 5.52. The molecule has 1 saturated heterocycles. The molecule has 1 atom stereocenters. The first-order valence-corrected chi connectivity index (χ1v) is 12.5. The zero-order valence-electron chi connectivity index (χ0n) is 19.9. The summed E-state index contributed by atoms with van der Waals surface area (Å²) in [5.41, 5.74) is 2.23. The van der Waals surface area contributed by atoms with Gasteiger partial charge in [0.2, 0.25) is 11.9 Å². The molecular formula is C24H30N6O3S. The highest BCUT2D eigenvalue weighted by Crippen LogP contribution is 2.31. The largest absolute Gasteiger partial charge is 0.496 e. The van der Waals surface area contributed by atoms with Crippen LogP contribution in [0, 0.1) is 5.92 Å². The Morgan fingerprint density at radius 2 is 2.03 bits per heavy atom. The number of aryl methyl sites for hydroxylation is 1. The highest BCUT2D eigenvalue weighted by molar-refractivity contribution is 8.14. The minimum Gasteiger partial charge on any atom is -0.496 e. The Morgan fingerprint density at radius 3 is 2.76 bits per heavy atom. The predicted octanol–water partition coefficient (Wildman–Crippen LogP) is 4.37. The van der Waals surface area contributed by atoms with Gasteiger partial charge in [0.05, 0.1) is 18.7 Å². The van der Waals surface area contributed by atoms with Crippen molar-refractivity contribution in [3.05, 3.63) is 46.0 Å². The van der Waals surface area contributed by atoms with Gasteiger partial charge in [0.25, 0.3) is 10.8 Å². The number of hydrogen-bond donors (Lipinski definition) is 2. The van der Waals surface area contributed by atoms with Crippen LogP contribution in [-0.2, 0) is 13.0 Å². The second-order valence-corrected chi connectivity index (χ2v) is 9.67. The fraction of sp³-hybridized carbons (Fsp3) is 0.458. The van der Waals surface area contributed by atoms with Crippen molar-refractivity contribution in [1.29, 1.82) is 0 Å². The zero-order valence-corrected chi connectivity index (χ0v) is 20.7. The van der Waals surface area contributed by atoms with Crippen LogP contribution in [-0.4, -0.2) is 44.1 Å². The molecule has 1 amide bonds. The number of carbonyl (C=O) groups excluding carboxylic acids is 1. The molecule has 3 aromatic rings. The van der Waals surface area contributed by atoms with Crippen LogP contribution >= 0.6 is 11.8 Å². The van der Waals surface area contributed by atoms with Gasteiger partial charge in [0.1, 0.15) is 12.1 Å². The van der Waals surface area contributed by atoms with Crippen molar-refractivity contribution in [1.82, 2.24) is 19.9 Å². The average molecular weight is 483 g/mol. The maximum atomic E-state index is 12.7. The third kappa shape index (κ3) is 5.01. The van der Waals surface area contributed by atoms with Gasteiger partial charge in [-0.05, 0) is 41.8 Å². The smallest absolute Gasteiger partial charge is 0.288 e. The highest BCUT2D eigenvalue weighted by Gasteiger charge is 2.36. The fourth-order valence-electron chi connectivity index (χ4n) is 4.03. The molecule has 180 valence electrons. The van der Waals surface area contributed by atoms with Crippen molar-refractivity contribution in [3.8, 4) is 5.75 Å². The molecule has 34 heavy (non-hydrogen) atoms. The Hall–Kier alpha value is -3.14. The van der Waals surface area contributed by atoms with E-state index < -0.39 is 0 Å². The molecule has 10 heteroatoms. The number of unbranched alkanes of at least 4 members (excludes halogenated alkanes) is 1. The third-order valence-corrected chi connectivity index (χ3v) is 6.96. The first-order chi connectivity index (χ1) is 16.4. The molecule has 0 bridgehead atoms. The molecule has 3 heterocycles. The maximum absolute atomic E-state index is 12.7. The third-order valence-electron chi connectivity index (χ3n) is 6.01. The molecule has 1 fully saturated rings. The van der Waals surface area contributed by atoms with E-state index in [2.05, 4.69) is 52.1 Å². The molecular weight excluding hydrogens is 452 g/mol. The van der Waals surface area contributed by atoms with Gasteiger partial charge >= 0.3 is 0 Å². The molecule has 0 unspecified atom stereocenters. The number of H-pyrrole nitrogens is 1. The number of fused-ring (bicyclic) bond motifs is 1. The molecule has 0 saturated carbocycles. The second-order valence-electron chi connectivity index (χ2n) is 8.70. The average Bonchev–Trinajstić information content (AvgIpc) is 3.22. The van der Waals surface area contributed by atoms with E-state index in [1.54, 1.807) is 12.0 Å². The molecule has 0 radical (unpaired) electrons. The van der Waals surface area contributed by atoms with Gasteiger partial charge in [-0.2, -0.15) is 4.98 Å². The summed E-state index contributed by atoms with van der Waals surface area (Å²) in [4.78, 5) is 42.5. The lowest BCUT2D eigenvalue weighted by molar-refractivity contribution is 0.263. The van der Waals surface area contributed by atoms with Crippen LogP contribution in [0.5, 0.6) is 5.75 Å². The number of anilines is 2. The standard InChI is InChI=1S/C24H30N6O3S/c1-5-6-7-15-8-16-9-17(21(31)28-18(16)10-20(15)33-4)11-25-22-26-13-27-23(29-22)30-19(14(2)3)12-34-24(30)32/h8-10,13-14,19H,5-7,11-12H2,1-4H3,(H,28,31)(H,25,26,27,29)/t19-/m1/s1. The molecule has 0 spiro atoms. The molecule has 0 aliphatic carbocycles. The summed E-state index contributed by atoms with van der Waals surface area (Å²) >= 11 is 1.28. The number of hydrogen-bond acceptors (Lipinski definition) is 8. The van der Waals surface area contributed by atoms with E-state index in [-0.39, 0.29) is 29.3 Å². The summed E-state index contributed by atoms with van der Waals surface area (Å²) in [6.45, 7) is 6.54.